The van der Waals surface area contributed by atoms with Crippen molar-refractivity contribution >= 4 is 62.4 Å². The van der Waals surface area contributed by atoms with Crippen molar-refractivity contribution in [1.82, 2.24) is 0 Å². The summed E-state index contributed by atoms with van der Waals surface area (Å²) in [4.78, 5) is 0. The number of nitrogens with one attached hydrogen (secondary N) is 3. The van der Waals surface area contributed by atoms with Crippen LogP contribution in [0, 0.1) is 0 Å². The zero-order valence-corrected chi connectivity index (χ0v) is 14.3. The summed E-state index contributed by atoms with van der Waals surface area (Å²) in [5.74, 6) is 0. The molecule has 1 unspecified atom stereocenters. The molecule has 2 heterocycles. The molecule has 1 atom stereocenters. The average Bonchev–Trinajstić information content (AvgIpc) is 2.88. The number of ether oxygens (including phenoxy) is 1. The number of fused-ring (bicyclic) bond motifs is 1. The summed E-state index contributed by atoms with van der Waals surface area (Å²) < 4.78 is 5.55. The number of thiophene rings is 1. The van der Waals surface area contributed by atoms with Gasteiger partial charge in [0.15, 0.2) is 5.11 Å². The number of thiocarbonyl (C=S) groups is 2. The van der Waals surface area contributed by atoms with E-state index in [9.17, 15) is 0 Å². The first-order chi connectivity index (χ1) is 10.6. The van der Waals surface area contributed by atoms with Crippen LogP contribution in [0.15, 0.2) is 35.7 Å². The molecule has 2 aromatic rings. The number of benzene rings is 1. The molecule has 3 rings (SSSR count). The molecule has 4 nitrogen and oxygen atoms in total. The van der Waals surface area contributed by atoms with Crippen molar-refractivity contribution in [1.29, 1.82) is 0 Å². The molecular formula is C15H15N3OS3. The Morgan fingerprint density at radius 2 is 2.23 bits per heavy atom. The maximum Gasteiger partial charge on any atom is 0.261 e. The molecule has 1 aromatic heterocycles. The van der Waals surface area contributed by atoms with Crippen molar-refractivity contribution < 1.29 is 4.74 Å². The van der Waals surface area contributed by atoms with Gasteiger partial charge in [0.05, 0.1) is 5.00 Å². The van der Waals surface area contributed by atoms with Gasteiger partial charge in [-0.1, -0.05) is 0 Å². The molecule has 22 heavy (non-hydrogen) atoms. The van der Waals surface area contributed by atoms with E-state index in [1.807, 2.05) is 36.6 Å². The topological polar surface area (TPSA) is 45.3 Å². The van der Waals surface area contributed by atoms with Crippen LogP contribution in [0.25, 0.3) is 0 Å². The van der Waals surface area contributed by atoms with Gasteiger partial charge in [-0.25, -0.2) is 0 Å². The fourth-order valence-electron chi connectivity index (χ4n) is 2.26. The molecule has 0 spiro atoms. The molecule has 0 saturated heterocycles. The maximum absolute atomic E-state index is 5.55. The number of hydrogen-bond donors (Lipinski definition) is 3. The lowest BCUT2D eigenvalue weighted by Gasteiger charge is -2.12. The van der Waals surface area contributed by atoms with E-state index in [1.54, 1.807) is 11.3 Å². The minimum atomic E-state index is 0.0488. The Labute approximate surface area is 143 Å². The Hall–Kier alpha value is -1.70. The number of anilines is 3. The fraction of sp³-hybridized carbons (Fsp3) is 0.200. The van der Waals surface area contributed by atoms with Gasteiger partial charge in [0.25, 0.3) is 5.17 Å². The second kappa shape index (κ2) is 6.60. The van der Waals surface area contributed by atoms with E-state index in [4.69, 9.17) is 29.2 Å². The summed E-state index contributed by atoms with van der Waals surface area (Å²) in [6, 6.07) is 9.98. The number of rotatable bonds is 2. The van der Waals surface area contributed by atoms with Gasteiger partial charge in [-0.05, 0) is 72.6 Å². The van der Waals surface area contributed by atoms with E-state index >= 15 is 0 Å². The van der Waals surface area contributed by atoms with E-state index in [0.29, 0.717) is 10.3 Å². The summed E-state index contributed by atoms with van der Waals surface area (Å²) in [6.45, 7) is 2.01. The Kier molecular flexibility index (Phi) is 4.56. The molecule has 114 valence electrons. The van der Waals surface area contributed by atoms with Crippen molar-refractivity contribution in [2.24, 2.45) is 0 Å². The molecular weight excluding hydrogens is 334 g/mol. The van der Waals surface area contributed by atoms with Gasteiger partial charge in [-0.15, -0.1) is 11.3 Å². The first-order valence-corrected chi connectivity index (χ1v) is 8.52. The van der Waals surface area contributed by atoms with E-state index in [2.05, 4.69) is 22.0 Å². The molecule has 0 saturated carbocycles. The SMILES string of the molecule is CC1Cc2cc(NC(=S)Nc3cccs3)ccc2NC(=S)O1. The van der Waals surface area contributed by atoms with Crippen molar-refractivity contribution in [2.75, 3.05) is 16.0 Å². The number of hydrogen-bond acceptors (Lipinski definition) is 4. The summed E-state index contributed by atoms with van der Waals surface area (Å²) in [5.41, 5.74) is 3.07. The average molecular weight is 350 g/mol. The minimum absolute atomic E-state index is 0.0488. The van der Waals surface area contributed by atoms with Gasteiger partial charge in [0, 0.05) is 17.8 Å². The third kappa shape index (κ3) is 3.73. The van der Waals surface area contributed by atoms with Crippen molar-refractivity contribution in [3.63, 3.8) is 0 Å². The molecule has 1 aliphatic heterocycles. The Morgan fingerprint density at radius 3 is 3.00 bits per heavy atom. The predicted molar refractivity (Wildman–Crippen MR) is 101 cm³/mol. The highest BCUT2D eigenvalue weighted by atomic mass is 32.1. The highest BCUT2D eigenvalue weighted by Crippen LogP contribution is 2.26. The smallest absolute Gasteiger partial charge is 0.261 e. The molecule has 3 N–H and O–H groups in total. The Balaban J connectivity index is 1.73. The van der Waals surface area contributed by atoms with E-state index in [0.717, 1.165) is 28.4 Å². The van der Waals surface area contributed by atoms with Crippen LogP contribution >= 0.6 is 35.8 Å². The normalized spacial score (nSPS) is 16.8. The quantitative estimate of drug-likeness (QED) is 0.706. The van der Waals surface area contributed by atoms with Crippen LogP contribution in [0.4, 0.5) is 16.4 Å². The zero-order chi connectivity index (χ0) is 15.5. The van der Waals surface area contributed by atoms with Crippen LogP contribution in [0.5, 0.6) is 0 Å². The monoisotopic (exact) mass is 349 g/mol. The second-order valence-corrected chi connectivity index (χ2v) is 6.70. The third-order valence-electron chi connectivity index (χ3n) is 3.17. The molecule has 1 aromatic carbocycles. The lowest BCUT2D eigenvalue weighted by molar-refractivity contribution is 0.217. The van der Waals surface area contributed by atoms with E-state index < -0.39 is 0 Å². The van der Waals surface area contributed by atoms with Crippen LogP contribution in [-0.4, -0.2) is 16.4 Å². The highest BCUT2D eigenvalue weighted by Gasteiger charge is 2.17. The summed E-state index contributed by atoms with van der Waals surface area (Å²) in [5, 5.41) is 13.5. The fourth-order valence-corrected chi connectivity index (χ4v) is 3.45. The van der Waals surface area contributed by atoms with Gasteiger partial charge >= 0.3 is 0 Å². The van der Waals surface area contributed by atoms with E-state index in [1.165, 1.54) is 0 Å². The predicted octanol–water partition coefficient (Wildman–Crippen LogP) is 4.22. The van der Waals surface area contributed by atoms with Crippen LogP contribution < -0.4 is 16.0 Å². The Bertz CT molecular complexity index is 700. The molecule has 1 aliphatic rings. The summed E-state index contributed by atoms with van der Waals surface area (Å²) in [6.07, 6.45) is 0.844. The minimum Gasteiger partial charge on any atom is -0.467 e. The highest BCUT2D eigenvalue weighted by molar-refractivity contribution is 7.80. The first kappa shape index (κ1) is 15.2. The first-order valence-electron chi connectivity index (χ1n) is 6.82. The van der Waals surface area contributed by atoms with Gasteiger partial charge in [0.1, 0.15) is 6.10 Å². The largest absolute Gasteiger partial charge is 0.467 e. The van der Waals surface area contributed by atoms with Gasteiger partial charge in [0.2, 0.25) is 0 Å². The van der Waals surface area contributed by atoms with Crippen LogP contribution in [-0.2, 0) is 11.2 Å². The van der Waals surface area contributed by atoms with Crippen molar-refractivity contribution in [2.45, 2.75) is 19.4 Å². The summed E-state index contributed by atoms with van der Waals surface area (Å²) in [7, 11) is 0. The lowest BCUT2D eigenvalue weighted by atomic mass is 10.1. The Morgan fingerprint density at radius 1 is 1.36 bits per heavy atom. The standard InChI is InChI=1S/C15H15N3OS3/c1-9-7-10-8-11(4-5-12(10)17-15(21)19-9)16-14(20)18-13-3-2-6-22-13/h2-6,8-9H,7H2,1H3,(H,17,21)(H2,16,18,20). The third-order valence-corrected chi connectivity index (χ3v) is 4.36. The molecule has 0 aliphatic carbocycles. The van der Waals surface area contributed by atoms with Gasteiger partial charge < -0.3 is 20.7 Å². The molecule has 0 amide bonds. The summed E-state index contributed by atoms with van der Waals surface area (Å²) >= 11 is 12.1. The molecule has 7 heteroatoms. The van der Waals surface area contributed by atoms with Crippen LogP contribution in [0.1, 0.15) is 12.5 Å². The van der Waals surface area contributed by atoms with Crippen molar-refractivity contribution in [3.05, 3.63) is 41.3 Å². The van der Waals surface area contributed by atoms with Crippen LogP contribution in [0.2, 0.25) is 0 Å². The van der Waals surface area contributed by atoms with Crippen LogP contribution in [0.3, 0.4) is 0 Å². The molecule has 0 bridgehead atoms. The van der Waals surface area contributed by atoms with Crippen molar-refractivity contribution in [3.8, 4) is 0 Å². The van der Waals surface area contributed by atoms with Gasteiger partial charge in [-0.3, -0.25) is 0 Å². The maximum atomic E-state index is 5.55. The second-order valence-electron chi connectivity index (χ2n) is 4.97. The zero-order valence-electron chi connectivity index (χ0n) is 11.9. The van der Waals surface area contributed by atoms with Gasteiger partial charge in [-0.2, -0.15) is 0 Å². The lowest BCUT2D eigenvalue weighted by Crippen LogP contribution is -2.18. The molecule has 0 fully saturated rings. The molecule has 0 radical (unpaired) electrons. The van der Waals surface area contributed by atoms with E-state index in [-0.39, 0.29) is 6.10 Å².